The average molecular weight is 301 g/mol. The van der Waals surface area contributed by atoms with Gasteiger partial charge >= 0.3 is 0 Å². The molecule has 0 spiro atoms. The highest BCUT2D eigenvalue weighted by Gasteiger charge is 2.25. The highest BCUT2D eigenvalue weighted by Crippen LogP contribution is 2.39. The quantitative estimate of drug-likeness (QED) is 0.794. The van der Waals surface area contributed by atoms with Crippen molar-refractivity contribution in [1.29, 1.82) is 0 Å². The van der Waals surface area contributed by atoms with E-state index in [0.29, 0.717) is 24.1 Å². The lowest BCUT2D eigenvalue weighted by molar-refractivity contribution is 0.152. The Morgan fingerprint density at radius 1 is 1.36 bits per heavy atom. The summed E-state index contributed by atoms with van der Waals surface area (Å²) in [7, 11) is 3.66. The van der Waals surface area contributed by atoms with Crippen LogP contribution in [0, 0.1) is 18.3 Å². The smallest absolute Gasteiger partial charge is 0.264 e. The van der Waals surface area contributed by atoms with E-state index in [2.05, 4.69) is 11.0 Å². The molecule has 0 aliphatic carbocycles. The summed E-state index contributed by atoms with van der Waals surface area (Å²) in [4.78, 5) is 1.96. The second kappa shape index (κ2) is 5.45. The molecule has 0 unspecified atom stereocenters. The summed E-state index contributed by atoms with van der Waals surface area (Å²) in [6.45, 7) is 0.693. The Morgan fingerprint density at radius 3 is 2.73 bits per heavy atom. The number of rotatable bonds is 2. The summed E-state index contributed by atoms with van der Waals surface area (Å²) in [6, 6.07) is 3.43. The Morgan fingerprint density at radius 2 is 2.14 bits per heavy atom. The Labute approximate surface area is 128 Å². The van der Waals surface area contributed by atoms with Gasteiger partial charge in [0, 0.05) is 49.6 Å². The molecule has 5 heteroatoms. The zero-order valence-corrected chi connectivity index (χ0v) is 12.6. The van der Waals surface area contributed by atoms with Gasteiger partial charge in [-0.1, -0.05) is 0 Å². The number of fused-ring (bicyclic) bond motifs is 1. The van der Waals surface area contributed by atoms with E-state index in [1.165, 1.54) is 0 Å². The van der Waals surface area contributed by atoms with Crippen molar-refractivity contribution in [2.75, 3.05) is 18.5 Å². The van der Waals surface area contributed by atoms with E-state index in [0.717, 1.165) is 11.3 Å². The summed E-state index contributed by atoms with van der Waals surface area (Å²) in [5, 5.41) is 4.08. The highest BCUT2D eigenvalue weighted by atomic mass is 19.3. The van der Waals surface area contributed by atoms with Gasteiger partial charge in [0.05, 0.1) is 6.20 Å². The van der Waals surface area contributed by atoms with Crippen LogP contribution in [0.15, 0.2) is 24.5 Å². The summed E-state index contributed by atoms with van der Waals surface area (Å²) < 4.78 is 28.6. The molecule has 0 bridgehead atoms. The zero-order valence-electron chi connectivity index (χ0n) is 12.6. The van der Waals surface area contributed by atoms with E-state index in [1.54, 1.807) is 30.2 Å². The van der Waals surface area contributed by atoms with Crippen LogP contribution in [0.3, 0.4) is 0 Å². The Hall–Kier alpha value is -2.35. The van der Waals surface area contributed by atoms with E-state index >= 15 is 0 Å². The van der Waals surface area contributed by atoms with Crippen LogP contribution in [-0.4, -0.2) is 23.4 Å². The number of halogens is 2. The molecule has 0 N–H and O–H groups in total. The minimum absolute atomic E-state index is 0.0396. The molecule has 1 aliphatic heterocycles. The molecule has 2 aromatic rings. The first kappa shape index (κ1) is 14.6. The molecule has 0 radical (unpaired) electrons. The van der Waals surface area contributed by atoms with Gasteiger partial charge in [0.25, 0.3) is 6.43 Å². The molecule has 1 aromatic heterocycles. The largest absolute Gasteiger partial charge is 0.373 e. The fraction of sp³-hybridized carbons (Fsp3) is 0.353. The van der Waals surface area contributed by atoms with Gasteiger partial charge in [0.1, 0.15) is 0 Å². The van der Waals surface area contributed by atoms with Crippen LogP contribution in [-0.2, 0) is 13.5 Å². The first-order valence-electron chi connectivity index (χ1n) is 7.11. The van der Waals surface area contributed by atoms with E-state index in [9.17, 15) is 8.78 Å². The van der Waals surface area contributed by atoms with E-state index in [4.69, 9.17) is 6.42 Å². The number of nitrogens with zero attached hydrogens (tertiary/aromatic N) is 3. The molecular formula is C17H17F2N3. The number of anilines is 1. The van der Waals surface area contributed by atoms with Crippen molar-refractivity contribution in [2.45, 2.75) is 12.8 Å². The SMILES string of the molecule is C#C[C@H]1Cc2cc(-c3cnn(C)c3)c(C(F)F)cc2N(C)C1. The lowest BCUT2D eigenvalue weighted by Crippen LogP contribution is -2.31. The van der Waals surface area contributed by atoms with Crippen LogP contribution in [0.2, 0.25) is 0 Å². The second-order valence-electron chi connectivity index (χ2n) is 5.72. The molecule has 1 atom stereocenters. The number of benzene rings is 1. The molecule has 2 heterocycles. The van der Waals surface area contributed by atoms with Gasteiger partial charge in [0.2, 0.25) is 0 Å². The summed E-state index contributed by atoms with van der Waals surface area (Å²) in [6.07, 6.45) is 7.09. The van der Waals surface area contributed by atoms with Crippen LogP contribution in [0.1, 0.15) is 17.6 Å². The van der Waals surface area contributed by atoms with Gasteiger partial charge in [-0.25, -0.2) is 8.78 Å². The van der Waals surface area contributed by atoms with Gasteiger partial charge in [-0.3, -0.25) is 4.68 Å². The molecule has 3 rings (SSSR count). The molecule has 1 aromatic carbocycles. The molecule has 1 aliphatic rings. The van der Waals surface area contributed by atoms with E-state index in [-0.39, 0.29) is 11.5 Å². The Bertz CT molecular complexity index is 743. The van der Waals surface area contributed by atoms with Crippen LogP contribution in [0.25, 0.3) is 11.1 Å². The Balaban J connectivity index is 2.16. The molecular weight excluding hydrogens is 284 g/mol. The predicted molar refractivity (Wildman–Crippen MR) is 82.9 cm³/mol. The fourth-order valence-electron chi connectivity index (χ4n) is 3.03. The number of alkyl halides is 2. The maximum atomic E-state index is 13.5. The summed E-state index contributed by atoms with van der Waals surface area (Å²) in [5.74, 6) is 2.88. The number of aryl methyl sites for hydroxylation is 1. The summed E-state index contributed by atoms with van der Waals surface area (Å²) in [5.41, 5.74) is 3.13. The normalized spacial score (nSPS) is 17.5. The highest BCUT2D eigenvalue weighted by molar-refractivity contribution is 5.73. The van der Waals surface area contributed by atoms with Gasteiger partial charge in [0.15, 0.2) is 0 Å². The third-order valence-electron chi connectivity index (χ3n) is 4.11. The molecule has 3 nitrogen and oxygen atoms in total. The molecule has 0 saturated heterocycles. The zero-order chi connectivity index (χ0) is 15.9. The number of hydrogen-bond acceptors (Lipinski definition) is 2. The van der Waals surface area contributed by atoms with Crippen molar-refractivity contribution >= 4 is 5.69 Å². The van der Waals surface area contributed by atoms with Crippen LogP contribution < -0.4 is 4.90 Å². The third-order valence-corrected chi connectivity index (χ3v) is 4.11. The second-order valence-corrected chi connectivity index (χ2v) is 5.72. The minimum Gasteiger partial charge on any atom is -0.373 e. The average Bonchev–Trinajstić information content (AvgIpc) is 2.92. The monoisotopic (exact) mass is 301 g/mol. The molecule has 22 heavy (non-hydrogen) atoms. The van der Waals surface area contributed by atoms with Gasteiger partial charge < -0.3 is 4.90 Å². The van der Waals surface area contributed by atoms with Crippen LogP contribution in [0.5, 0.6) is 0 Å². The van der Waals surface area contributed by atoms with Crippen LogP contribution >= 0.6 is 0 Å². The topological polar surface area (TPSA) is 21.1 Å². The summed E-state index contributed by atoms with van der Waals surface area (Å²) >= 11 is 0. The molecule has 0 fully saturated rings. The number of aromatic nitrogens is 2. The Kier molecular flexibility index (Phi) is 3.61. The van der Waals surface area contributed by atoms with Crippen molar-refractivity contribution in [3.05, 3.63) is 35.7 Å². The molecule has 0 saturated carbocycles. The van der Waals surface area contributed by atoms with Crippen LogP contribution in [0.4, 0.5) is 14.5 Å². The van der Waals surface area contributed by atoms with E-state index < -0.39 is 6.43 Å². The third kappa shape index (κ3) is 2.45. The van der Waals surface area contributed by atoms with Gasteiger partial charge in [-0.05, 0) is 29.7 Å². The maximum Gasteiger partial charge on any atom is 0.264 e. The first-order valence-corrected chi connectivity index (χ1v) is 7.11. The fourth-order valence-corrected chi connectivity index (χ4v) is 3.03. The lowest BCUT2D eigenvalue weighted by atomic mass is 9.89. The number of hydrogen-bond donors (Lipinski definition) is 0. The van der Waals surface area contributed by atoms with Crippen molar-refractivity contribution in [3.63, 3.8) is 0 Å². The van der Waals surface area contributed by atoms with Crippen molar-refractivity contribution in [1.82, 2.24) is 9.78 Å². The predicted octanol–water partition coefficient (Wildman–Crippen LogP) is 3.27. The van der Waals surface area contributed by atoms with Crippen molar-refractivity contribution in [3.8, 4) is 23.5 Å². The molecule has 0 amide bonds. The van der Waals surface area contributed by atoms with Gasteiger partial charge in [-0.15, -0.1) is 12.3 Å². The van der Waals surface area contributed by atoms with E-state index in [1.807, 2.05) is 18.0 Å². The standard InChI is InChI=1S/C17H17F2N3/c1-4-11-5-12-6-14(13-8-20-22(3)10-13)15(17(18)19)7-16(12)21(2)9-11/h1,6-8,10-11,17H,5,9H2,2-3H3/t11-/m0/s1. The van der Waals surface area contributed by atoms with Crippen molar-refractivity contribution < 1.29 is 8.78 Å². The number of terminal acetylenes is 1. The van der Waals surface area contributed by atoms with Crippen molar-refractivity contribution in [2.24, 2.45) is 13.0 Å². The maximum absolute atomic E-state index is 13.5. The van der Waals surface area contributed by atoms with Gasteiger partial charge in [-0.2, -0.15) is 5.10 Å². The molecule has 114 valence electrons. The first-order chi connectivity index (χ1) is 10.5. The minimum atomic E-state index is -2.53. The lowest BCUT2D eigenvalue weighted by Gasteiger charge is -2.32.